The van der Waals surface area contributed by atoms with E-state index in [1.165, 1.54) is 0 Å². The molecular weight excluding hydrogens is 259 g/mol. The maximum absolute atomic E-state index is 6.15. The highest BCUT2D eigenvalue weighted by molar-refractivity contribution is 6.33. The number of halogens is 2. The first-order chi connectivity index (χ1) is 7.58. The molecule has 0 bridgehead atoms. The molecule has 0 aliphatic rings. The maximum Gasteiger partial charge on any atom is 0.220 e. The van der Waals surface area contributed by atoms with E-state index in [1.54, 1.807) is 13.1 Å². The van der Waals surface area contributed by atoms with E-state index in [9.17, 15) is 0 Å². The average molecular weight is 271 g/mol. The van der Waals surface area contributed by atoms with Gasteiger partial charge in [-0.3, -0.25) is 4.98 Å². The third-order valence-corrected chi connectivity index (χ3v) is 2.66. The molecule has 0 unspecified atom stereocenters. The molecule has 6 heteroatoms. The highest BCUT2D eigenvalue weighted by Crippen LogP contribution is 2.28. The zero-order valence-electron chi connectivity index (χ0n) is 9.44. The molecule has 0 fully saturated rings. The summed E-state index contributed by atoms with van der Waals surface area (Å²) in [4.78, 5) is 12.3. The average Bonchev–Trinajstić information content (AvgIpc) is 2.23. The van der Waals surface area contributed by atoms with Crippen LogP contribution in [0.5, 0.6) is 0 Å². The molecule has 0 saturated heterocycles. The first-order valence-corrected chi connectivity index (χ1v) is 5.18. The monoisotopic (exact) mass is 270 g/mol. The van der Waals surface area contributed by atoms with E-state index in [4.69, 9.17) is 17.3 Å². The Hall–Kier alpha value is -1.39. The normalized spacial score (nSPS) is 9.82. The molecule has 0 aliphatic heterocycles. The van der Waals surface area contributed by atoms with Crippen LogP contribution < -0.4 is 5.73 Å². The van der Waals surface area contributed by atoms with Crippen LogP contribution in [0.4, 0.5) is 5.95 Å². The minimum Gasteiger partial charge on any atom is -0.368 e. The highest BCUT2D eigenvalue weighted by atomic mass is 35.5. The van der Waals surface area contributed by atoms with Crippen molar-refractivity contribution < 1.29 is 0 Å². The van der Waals surface area contributed by atoms with Gasteiger partial charge in [-0.25, -0.2) is 9.97 Å². The number of rotatable bonds is 1. The van der Waals surface area contributed by atoms with Crippen molar-refractivity contribution in [3.63, 3.8) is 0 Å². The van der Waals surface area contributed by atoms with Crippen molar-refractivity contribution in [1.29, 1.82) is 0 Å². The Labute approximate surface area is 111 Å². The van der Waals surface area contributed by atoms with Gasteiger partial charge in [-0.15, -0.1) is 12.4 Å². The second kappa shape index (κ2) is 5.29. The van der Waals surface area contributed by atoms with Gasteiger partial charge in [0.25, 0.3) is 0 Å². The topological polar surface area (TPSA) is 64.7 Å². The first kappa shape index (κ1) is 13.7. The zero-order chi connectivity index (χ0) is 11.7. The summed E-state index contributed by atoms with van der Waals surface area (Å²) in [6.45, 7) is 3.72. The molecular formula is C11H12Cl2N4. The number of pyridine rings is 1. The zero-order valence-corrected chi connectivity index (χ0v) is 11.0. The van der Waals surface area contributed by atoms with Crippen molar-refractivity contribution in [2.24, 2.45) is 0 Å². The summed E-state index contributed by atoms with van der Waals surface area (Å²) in [5, 5.41) is 0.528. The number of hydrogen-bond donors (Lipinski definition) is 1. The number of anilines is 1. The van der Waals surface area contributed by atoms with Crippen LogP contribution in [0, 0.1) is 13.8 Å². The van der Waals surface area contributed by atoms with Gasteiger partial charge in [-0.1, -0.05) is 11.6 Å². The van der Waals surface area contributed by atoms with Crippen molar-refractivity contribution >= 4 is 30.0 Å². The van der Waals surface area contributed by atoms with Gasteiger partial charge in [-0.2, -0.15) is 0 Å². The van der Waals surface area contributed by atoms with E-state index in [1.807, 2.05) is 19.1 Å². The summed E-state index contributed by atoms with van der Waals surface area (Å²) < 4.78 is 0. The van der Waals surface area contributed by atoms with E-state index in [0.717, 1.165) is 11.3 Å². The number of nitrogens with two attached hydrogens (primary N) is 1. The standard InChI is InChI=1S/C11H11ClN4.ClH/c1-6-5-8(3-4-14-6)10-9(12)7(2)15-11(13)16-10;/h3-5H,1-2H3,(H2,13,15,16);1H. The van der Waals surface area contributed by atoms with Gasteiger partial charge in [0, 0.05) is 17.5 Å². The number of hydrogen-bond acceptors (Lipinski definition) is 4. The second-order valence-corrected chi connectivity index (χ2v) is 3.89. The summed E-state index contributed by atoms with van der Waals surface area (Å²) in [7, 11) is 0. The van der Waals surface area contributed by atoms with E-state index >= 15 is 0 Å². The third kappa shape index (κ3) is 2.84. The third-order valence-electron chi connectivity index (χ3n) is 2.20. The predicted octanol–water partition coefficient (Wildman–Crippen LogP) is 2.81. The molecule has 2 heterocycles. The van der Waals surface area contributed by atoms with Gasteiger partial charge in [-0.05, 0) is 26.0 Å². The van der Waals surface area contributed by atoms with Gasteiger partial charge >= 0.3 is 0 Å². The SMILES string of the molecule is Cc1cc(-c2nc(N)nc(C)c2Cl)ccn1.Cl. The Morgan fingerprint density at radius 3 is 2.59 bits per heavy atom. The minimum absolute atomic E-state index is 0. The fourth-order valence-electron chi connectivity index (χ4n) is 1.47. The fourth-order valence-corrected chi connectivity index (χ4v) is 1.66. The molecule has 0 atom stereocenters. The molecule has 2 N–H and O–H groups in total. The highest BCUT2D eigenvalue weighted by Gasteiger charge is 2.10. The lowest BCUT2D eigenvalue weighted by Gasteiger charge is -2.07. The summed E-state index contributed by atoms with van der Waals surface area (Å²) in [6, 6.07) is 3.76. The van der Waals surface area contributed by atoms with Crippen molar-refractivity contribution in [3.05, 3.63) is 34.7 Å². The molecule has 90 valence electrons. The summed E-state index contributed by atoms with van der Waals surface area (Å²) in [5.74, 6) is 0.228. The van der Waals surface area contributed by atoms with E-state index in [2.05, 4.69) is 15.0 Å². The van der Waals surface area contributed by atoms with Crippen molar-refractivity contribution in [3.8, 4) is 11.3 Å². The van der Waals surface area contributed by atoms with Gasteiger partial charge < -0.3 is 5.73 Å². The molecule has 17 heavy (non-hydrogen) atoms. The molecule has 0 aromatic carbocycles. The molecule has 2 rings (SSSR count). The number of aryl methyl sites for hydroxylation is 2. The van der Waals surface area contributed by atoms with E-state index in [-0.39, 0.29) is 18.4 Å². The number of nitrogens with zero attached hydrogens (tertiary/aromatic N) is 3. The van der Waals surface area contributed by atoms with Crippen LogP contribution in [0.25, 0.3) is 11.3 Å². The second-order valence-electron chi connectivity index (χ2n) is 3.52. The largest absolute Gasteiger partial charge is 0.368 e. The molecule has 0 amide bonds. The summed E-state index contributed by atoms with van der Waals surface area (Å²) in [6.07, 6.45) is 1.72. The van der Waals surface area contributed by atoms with Crippen LogP contribution in [0.3, 0.4) is 0 Å². The summed E-state index contributed by atoms with van der Waals surface area (Å²) >= 11 is 6.15. The van der Waals surface area contributed by atoms with Gasteiger partial charge in [0.15, 0.2) is 0 Å². The predicted molar refractivity (Wildman–Crippen MR) is 71.4 cm³/mol. The van der Waals surface area contributed by atoms with Gasteiger partial charge in [0.2, 0.25) is 5.95 Å². The first-order valence-electron chi connectivity index (χ1n) is 4.80. The molecule has 2 aromatic rings. The maximum atomic E-state index is 6.15. The van der Waals surface area contributed by atoms with Crippen LogP contribution in [0.2, 0.25) is 5.02 Å². The molecule has 4 nitrogen and oxygen atoms in total. The van der Waals surface area contributed by atoms with Crippen molar-refractivity contribution in [2.75, 3.05) is 5.73 Å². The molecule has 0 radical (unpaired) electrons. The number of nitrogen functional groups attached to an aromatic ring is 1. The lowest BCUT2D eigenvalue weighted by atomic mass is 10.1. The van der Waals surface area contributed by atoms with Crippen LogP contribution in [0.15, 0.2) is 18.3 Å². The Kier molecular flexibility index (Phi) is 4.26. The Bertz CT molecular complexity index is 543. The lowest BCUT2D eigenvalue weighted by molar-refractivity contribution is 1.12. The summed E-state index contributed by atoms with van der Waals surface area (Å²) in [5.41, 5.74) is 8.74. The molecule has 0 spiro atoms. The Morgan fingerprint density at radius 2 is 1.94 bits per heavy atom. The van der Waals surface area contributed by atoms with E-state index in [0.29, 0.717) is 16.4 Å². The quantitative estimate of drug-likeness (QED) is 0.866. The van der Waals surface area contributed by atoms with Crippen LogP contribution in [0.1, 0.15) is 11.4 Å². The van der Waals surface area contributed by atoms with Crippen molar-refractivity contribution in [2.45, 2.75) is 13.8 Å². The van der Waals surface area contributed by atoms with E-state index < -0.39 is 0 Å². The van der Waals surface area contributed by atoms with Crippen LogP contribution >= 0.6 is 24.0 Å². The number of aromatic nitrogens is 3. The minimum atomic E-state index is 0. The lowest BCUT2D eigenvalue weighted by Crippen LogP contribution is -2.00. The molecule has 0 saturated carbocycles. The van der Waals surface area contributed by atoms with Crippen LogP contribution in [-0.2, 0) is 0 Å². The Morgan fingerprint density at radius 1 is 1.24 bits per heavy atom. The van der Waals surface area contributed by atoms with Crippen LogP contribution in [-0.4, -0.2) is 15.0 Å². The fraction of sp³-hybridized carbons (Fsp3) is 0.182. The van der Waals surface area contributed by atoms with Gasteiger partial charge in [0.1, 0.15) is 0 Å². The smallest absolute Gasteiger partial charge is 0.220 e. The molecule has 2 aromatic heterocycles. The molecule has 0 aliphatic carbocycles. The van der Waals surface area contributed by atoms with Gasteiger partial charge in [0.05, 0.1) is 16.4 Å². The van der Waals surface area contributed by atoms with Crippen molar-refractivity contribution in [1.82, 2.24) is 15.0 Å². The Balaban J connectivity index is 0.00000144.